The van der Waals surface area contributed by atoms with E-state index in [9.17, 15) is 0 Å². The minimum Gasteiger partial charge on any atom is -0.497 e. The Kier molecular flexibility index (Phi) is 4.02. The zero-order valence-corrected chi connectivity index (χ0v) is 11.9. The van der Waals surface area contributed by atoms with Gasteiger partial charge in [0.15, 0.2) is 0 Å². The highest BCUT2D eigenvalue weighted by Crippen LogP contribution is 2.33. The molecule has 0 radical (unpaired) electrons. The Balaban J connectivity index is 1.64. The van der Waals surface area contributed by atoms with Crippen LogP contribution in [0.2, 0.25) is 0 Å². The summed E-state index contributed by atoms with van der Waals surface area (Å²) < 4.78 is 5.32. The molecule has 20 heavy (non-hydrogen) atoms. The highest BCUT2D eigenvalue weighted by molar-refractivity contribution is 5.39. The number of hydrogen-bond acceptors (Lipinski definition) is 3. The van der Waals surface area contributed by atoms with Gasteiger partial charge in [-0.25, -0.2) is 4.98 Å². The minimum atomic E-state index is 0.597. The summed E-state index contributed by atoms with van der Waals surface area (Å²) in [7, 11) is 1.73. The summed E-state index contributed by atoms with van der Waals surface area (Å²) >= 11 is 0. The van der Waals surface area contributed by atoms with Crippen LogP contribution in [0.5, 0.6) is 5.75 Å². The number of H-pyrrole nitrogens is 1. The van der Waals surface area contributed by atoms with Gasteiger partial charge in [0, 0.05) is 18.9 Å². The molecule has 0 aliphatic heterocycles. The number of methoxy groups -OCH3 is 1. The third-order valence-electron chi connectivity index (χ3n) is 4.03. The van der Waals surface area contributed by atoms with E-state index >= 15 is 0 Å². The molecule has 1 aliphatic carbocycles. The summed E-state index contributed by atoms with van der Waals surface area (Å²) in [6, 6.07) is 6.49. The van der Waals surface area contributed by atoms with Crippen LogP contribution in [0, 0.1) is 0 Å². The van der Waals surface area contributed by atoms with Crippen LogP contribution in [-0.2, 0) is 13.0 Å². The lowest BCUT2D eigenvalue weighted by Gasteiger charge is -2.26. The molecule has 4 heteroatoms. The molecule has 1 aliphatic rings. The largest absolute Gasteiger partial charge is 0.497 e. The van der Waals surface area contributed by atoms with Gasteiger partial charge in [0.1, 0.15) is 11.6 Å². The molecule has 0 bridgehead atoms. The fourth-order valence-corrected chi connectivity index (χ4v) is 2.99. The monoisotopic (exact) mass is 271 g/mol. The summed E-state index contributed by atoms with van der Waals surface area (Å²) in [6.45, 7) is 1.80. The van der Waals surface area contributed by atoms with Crippen LogP contribution in [0.15, 0.2) is 30.6 Å². The fraction of sp³-hybridized carbons (Fsp3) is 0.438. The molecule has 1 heterocycles. The van der Waals surface area contributed by atoms with Crippen LogP contribution in [-0.4, -0.2) is 23.6 Å². The predicted octanol–water partition coefficient (Wildman–Crippen LogP) is 2.63. The maximum absolute atomic E-state index is 5.32. The Morgan fingerprint density at radius 3 is 3.20 bits per heavy atom. The molecule has 2 aromatic rings. The van der Waals surface area contributed by atoms with Gasteiger partial charge in [-0.05, 0) is 48.4 Å². The van der Waals surface area contributed by atoms with Crippen LogP contribution in [0.1, 0.15) is 35.7 Å². The number of nitrogens with zero attached hydrogens (tertiary/aromatic N) is 1. The third kappa shape index (κ3) is 2.85. The van der Waals surface area contributed by atoms with Crippen LogP contribution in [0.3, 0.4) is 0 Å². The van der Waals surface area contributed by atoms with E-state index < -0.39 is 0 Å². The van der Waals surface area contributed by atoms with Crippen molar-refractivity contribution in [2.75, 3.05) is 13.7 Å². The number of hydrogen-bond donors (Lipinski definition) is 2. The van der Waals surface area contributed by atoms with Crippen LogP contribution >= 0.6 is 0 Å². The lowest BCUT2D eigenvalue weighted by Crippen LogP contribution is -2.24. The average molecular weight is 271 g/mol. The smallest absolute Gasteiger partial charge is 0.120 e. The number of benzene rings is 1. The van der Waals surface area contributed by atoms with E-state index in [1.54, 1.807) is 13.3 Å². The van der Waals surface area contributed by atoms with E-state index in [1.165, 1.54) is 30.4 Å². The van der Waals surface area contributed by atoms with Crippen molar-refractivity contribution in [2.24, 2.45) is 0 Å². The summed E-state index contributed by atoms with van der Waals surface area (Å²) in [6.07, 6.45) is 7.33. The van der Waals surface area contributed by atoms with Gasteiger partial charge >= 0.3 is 0 Å². The number of aryl methyl sites for hydroxylation is 1. The summed E-state index contributed by atoms with van der Waals surface area (Å²) in [4.78, 5) is 7.35. The first-order chi connectivity index (χ1) is 9.86. The Morgan fingerprint density at radius 1 is 1.45 bits per heavy atom. The Hall–Kier alpha value is -1.81. The molecule has 0 amide bonds. The van der Waals surface area contributed by atoms with E-state index in [1.807, 2.05) is 6.20 Å². The van der Waals surface area contributed by atoms with Crippen molar-refractivity contribution in [3.05, 3.63) is 47.5 Å². The number of fused-ring (bicyclic) bond motifs is 1. The highest BCUT2D eigenvalue weighted by Gasteiger charge is 2.20. The minimum absolute atomic E-state index is 0.597. The first-order valence-corrected chi connectivity index (χ1v) is 7.22. The molecule has 2 N–H and O–H groups in total. The second kappa shape index (κ2) is 6.09. The zero-order valence-electron chi connectivity index (χ0n) is 11.9. The molecule has 1 aromatic carbocycles. The summed E-state index contributed by atoms with van der Waals surface area (Å²) in [5.41, 5.74) is 2.92. The SMILES string of the molecule is COc1ccc2c(c1)CCC[C@@H]2CNCc1ncc[nH]1. The van der Waals surface area contributed by atoms with Gasteiger partial charge in [0.05, 0.1) is 13.7 Å². The first kappa shape index (κ1) is 13.2. The van der Waals surface area contributed by atoms with Gasteiger partial charge in [0.25, 0.3) is 0 Å². The van der Waals surface area contributed by atoms with Crippen molar-refractivity contribution in [2.45, 2.75) is 31.7 Å². The Bertz CT molecular complexity index is 551. The van der Waals surface area contributed by atoms with Gasteiger partial charge in [-0.15, -0.1) is 0 Å². The van der Waals surface area contributed by atoms with Crippen LogP contribution in [0.25, 0.3) is 0 Å². The Labute approximate surface area is 119 Å². The van der Waals surface area contributed by atoms with Gasteiger partial charge in [-0.3, -0.25) is 0 Å². The van der Waals surface area contributed by atoms with Crippen molar-refractivity contribution in [1.29, 1.82) is 0 Å². The van der Waals surface area contributed by atoms with Crippen molar-refractivity contribution >= 4 is 0 Å². The maximum atomic E-state index is 5.32. The molecule has 0 unspecified atom stereocenters. The van der Waals surface area contributed by atoms with E-state index in [0.717, 1.165) is 24.7 Å². The number of rotatable bonds is 5. The molecular formula is C16H21N3O. The standard InChI is InChI=1S/C16H21N3O/c1-20-14-5-6-15-12(9-14)3-2-4-13(15)10-17-11-16-18-7-8-19-16/h5-9,13,17H,2-4,10-11H2,1H3,(H,18,19)/t13-/m1/s1. The molecular weight excluding hydrogens is 250 g/mol. The van der Waals surface area contributed by atoms with E-state index in [4.69, 9.17) is 4.74 Å². The van der Waals surface area contributed by atoms with E-state index in [-0.39, 0.29) is 0 Å². The quantitative estimate of drug-likeness (QED) is 0.879. The molecule has 1 atom stereocenters. The number of aromatic amines is 1. The lowest BCUT2D eigenvalue weighted by molar-refractivity contribution is 0.412. The van der Waals surface area contributed by atoms with Crippen molar-refractivity contribution in [1.82, 2.24) is 15.3 Å². The summed E-state index contributed by atoms with van der Waals surface area (Å²) in [5, 5.41) is 3.50. The van der Waals surface area contributed by atoms with Gasteiger partial charge in [-0.2, -0.15) is 0 Å². The highest BCUT2D eigenvalue weighted by atomic mass is 16.5. The molecule has 1 aromatic heterocycles. The van der Waals surface area contributed by atoms with Crippen LogP contribution in [0.4, 0.5) is 0 Å². The molecule has 3 rings (SSSR count). The first-order valence-electron chi connectivity index (χ1n) is 7.22. The van der Waals surface area contributed by atoms with Gasteiger partial charge < -0.3 is 15.0 Å². The fourth-order valence-electron chi connectivity index (χ4n) is 2.99. The molecule has 0 saturated carbocycles. The lowest BCUT2D eigenvalue weighted by atomic mass is 9.82. The van der Waals surface area contributed by atoms with E-state index in [0.29, 0.717) is 5.92 Å². The molecule has 0 saturated heterocycles. The van der Waals surface area contributed by atoms with Gasteiger partial charge in [-0.1, -0.05) is 6.07 Å². The van der Waals surface area contributed by atoms with Crippen molar-refractivity contribution in [3.8, 4) is 5.75 Å². The van der Waals surface area contributed by atoms with E-state index in [2.05, 4.69) is 33.5 Å². The summed E-state index contributed by atoms with van der Waals surface area (Å²) in [5.74, 6) is 2.56. The second-order valence-corrected chi connectivity index (χ2v) is 5.32. The molecule has 0 fully saturated rings. The molecule has 106 valence electrons. The number of ether oxygens (including phenoxy) is 1. The predicted molar refractivity (Wildman–Crippen MR) is 79.0 cm³/mol. The second-order valence-electron chi connectivity index (χ2n) is 5.32. The van der Waals surface area contributed by atoms with Crippen LogP contribution < -0.4 is 10.1 Å². The molecule has 4 nitrogen and oxygen atoms in total. The average Bonchev–Trinajstić information content (AvgIpc) is 3.00. The Morgan fingerprint density at radius 2 is 2.40 bits per heavy atom. The molecule has 0 spiro atoms. The van der Waals surface area contributed by atoms with Gasteiger partial charge in [0.2, 0.25) is 0 Å². The van der Waals surface area contributed by atoms with Crippen molar-refractivity contribution in [3.63, 3.8) is 0 Å². The maximum Gasteiger partial charge on any atom is 0.120 e. The number of imidazole rings is 1. The van der Waals surface area contributed by atoms with Crippen molar-refractivity contribution < 1.29 is 4.74 Å². The zero-order chi connectivity index (χ0) is 13.8. The topological polar surface area (TPSA) is 49.9 Å². The number of nitrogens with one attached hydrogen (secondary N) is 2. The number of aromatic nitrogens is 2. The third-order valence-corrected chi connectivity index (χ3v) is 4.03. The normalized spacial score (nSPS) is 17.8.